The Kier molecular flexibility index (Phi) is 4.61. The van der Waals surface area contributed by atoms with Gasteiger partial charge >= 0.3 is 0 Å². The second-order valence-corrected chi connectivity index (χ2v) is 6.60. The largest absolute Gasteiger partial charge is 0.381 e. The van der Waals surface area contributed by atoms with Crippen molar-refractivity contribution in [2.45, 2.75) is 18.9 Å². The molecule has 1 saturated heterocycles. The molecular weight excluding hydrogens is 276 g/mol. The average molecular weight is 294 g/mol. The number of hydrogen-bond donors (Lipinski definition) is 1. The van der Waals surface area contributed by atoms with Crippen molar-refractivity contribution in [3.05, 3.63) is 39.0 Å². The molecule has 0 saturated carbocycles. The highest BCUT2D eigenvalue weighted by molar-refractivity contribution is 7.09. The van der Waals surface area contributed by atoms with Crippen LogP contribution in [0.4, 0.5) is 0 Å². The number of nitrogens with one attached hydrogen (secondary N) is 1. The second kappa shape index (κ2) is 6.61. The van der Waals surface area contributed by atoms with Crippen molar-refractivity contribution in [1.29, 1.82) is 0 Å². The van der Waals surface area contributed by atoms with Crippen LogP contribution in [0, 0.1) is 5.92 Å². The molecule has 0 aliphatic carbocycles. The Hall–Kier alpha value is -0.750. The van der Waals surface area contributed by atoms with Gasteiger partial charge in [-0.2, -0.15) is 11.3 Å². The van der Waals surface area contributed by atoms with Crippen LogP contribution in [0.25, 0.3) is 0 Å². The number of aromatic nitrogens is 1. The Morgan fingerprint density at radius 3 is 3.16 bits per heavy atom. The van der Waals surface area contributed by atoms with E-state index in [1.165, 1.54) is 17.0 Å². The summed E-state index contributed by atoms with van der Waals surface area (Å²) in [7, 11) is 0. The van der Waals surface area contributed by atoms with Gasteiger partial charge in [-0.05, 0) is 41.1 Å². The molecule has 1 aliphatic heterocycles. The molecule has 1 fully saturated rings. The van der Waals surface area contributed by atoms with Crippen molar-refractivity contribution in [2.75, 3.05) is 19.8 Å². The zero-order valence-corrected chi connectivity index (χ0v) is 12.4. The third-order valence-corrected chi connectivity index (χ3v) is 5.07. The summed E-state index contributed by atoms with van der Waals surface area (Å²) in [5.41, 5.74) is 1.39. The number of thiazole rings is 1. The van der Waals surface area contributed by atoms with Crippen molar-refractivity contribution < 1.29 is 4.74 Å². The van der Waals surface area contributed by atoms with Gasteiger partial charge < -0.3 is 10.1 Å². The Morgan fingerprint density at radius 2 is 2.47 bits per heavy atom. The van der Waals surface area contributed by atoms with E-state index in [0.717, 1.165) is 26.2 Å². The fourth-order valence-corrected chi connectivity index (χ4v) is 3.75. The van der Waals surface area contributed by atoms with Crippen molar-refractivity contribution in [1.82, 2.24) is 10.3 Å². The lowest BCUT2D eigenvalue weighted by atomic mass is 10.1. The molecule has 0 spiro atoms. The maximum atomic E-state index is 5.43. The van der Waals surface area contributed by atoms with Crippen molar-refractivity contribution in [2.24, 2.45) is 5.92 Å². The standard InChI is InChI=1S/C14H18N2OS2/c1-4-17-9-12(1)8-16-13(14-15-3-6-19-14)7-11-2-5-18-10-11/h2-3,5-6,10,12-13,16H,1,4,7-9H2/t12-,13-/m0/s1. The van der Waals surface area contributed by atoms with E-state index in [2.05, 4.69) is 32.5 Å². The van der Waals surface area contributed by atoms with Gasteiger partial charge in [-0.1, -0.05) is 0 Å². The molecule has 2 aromatic rings. The predicted molar refractivity (Wildman–Crippen MR) is 79.8 cm³/mol. The molecule has 5 heteroatoms. The maximum Gasteiger partial charge on any atom is 0.110 e. The van der Waals surface area contributed by atoms with E-state index in [9.17, 15) is 0 Å². The number of hydrogen-bond acceptors (Lipinski definition) is 5. The molecule has 0 amide bonds. The monoisotopic (exact) mass is 294 g/mol. The Morgan fingerprint density at radius 1 is 1.47 bits per heavy atom. The fourth-order valence-electron chi connectivity index (χ4n) is 2.35. The van der Waals surface area contributed by atoms with Crippen LogP contribution in [0.1, 0.15) is 23.0 Å². The van der Waals surface area contributed by atoms with Gasteiger partial charge in [-0.3, -0.25) is 0 Å². The van der Waals surface area contributed by atoms with Crippen molar-refractivity contribution in [3.8, 4) is 0 Å². The second-order valence-electron chi connectivity index (χ2n) is 4.90. The molecule has 1 N–H and O–H groups in total. The van der Waals surface area contributed by atoms with E-state index in [1.54, 1.807) is 22.7 Å². The van der Waals surface area contributed by atoms with Crippen LogP contribution < -0.4 is 5.32 Å². The molecule has 0 unspecified atom stereocenters. The molecule has 19 heavy (non-hydrogen) atoms. The summed E-state index contributed by atoms with van der Waals surface area (Å²) < 4.78 is 5.43. The van der Waals surface area contributed by atoms with Crippen LogP contribution in [0.15, 0.2) is 28.4 Å². The third-order valence-electron chi connectivity index (χ3n) is 3.45. The highest BCUT2D eigenvalue weighted by atomic mass is 32.1. The lowest BCUT2D eigenvalue weighted by Gasteiger charge is -2.18. The van der Waals surface area contributed by atoms with Gasteiger partial charge in [-0.15, -0.1) is 11.3 Å². The molecule has 0 aromatic carbocycles. The molecule has 3 rings (SSSR count). The minimum Gasteiger partial charge on any atom is -0.381 e. The van der Waals surface area contributed by atoms with Gasteiger partial charge in [0, 0.05) is 24.7 Å². The van der Waals surface area contributed by atoms with Crippen molar-refractivity contribution >= 4 is 22.7 Å². The zero-order chi connectivity index (χ0) is 12.9. The highest BCUT2D eigenvalue weighted by Gasteiger charge is 2.20. The first kappa shape index (κ1) is 13.2. The molecule has 3 nitrogen and oxygen atoms in total. The summed E-state index contributed by atoms with van der Waals surface area (Å²) in [4.78, 5) is 4.47. The predicted octanol–water partition coefficient (Wildman–Crippen LogP) is 3.11. The van der Waals surface area contributed by atoms with Crippen LogP contribution in [-0.2, 0) is 11.2 Å². The van der Waals surface area contributed by atoms with E-state index in [1.807, 2.05) is 6.20 Å². The zero-order valence-electron chi connectivity index (χ0n) is 10.7. The fraction of sp³-hybridized carbons (Fsp3) is 0.500. The molecule has 3 heterocycles. The van der Waals surface area contributed by atoms with Crippen LogP contribution in [0.5, 0.6) is 0 Å². The van der Waals surface area contributed by atoms with Crippen LogP contribution in [0.2, 0.25) is 0 Å². The molecule has 2 atom stereocenters. The first-order valence-electron chi connectivity index (χ1n) is 6.63. The van der Waals surface area contributed by atoms with E-state index in [-0.39, 0.29) is 0 Å². The molecule has 2 aromatic heterocycles. The number of rotatable bonds is 6. The molecule has 1 aliphatic rings. The van der Waals surface area contributed by atoms with E-state index in [4.69, 9.17) is 4.74 Å². The lowest BCUT2D eigenvalue weighted by molar-refractivity contribution is 0.184. The normalized spacial score (nSPS) is 20.7. The summed E-state index contributed by atoms with van der Waals surface area (Å²) in [6.07, 6.45) is 4.08. The first-order valence-corrected chi connectivity index (χ1v) is 8.45. The first-order chi connectivity index (χ1) is 9.42. The Bertz CT molecular complexity index is 464. The van der Waals surface area contributed by atoms with E-state index >= 15 is 0 Å². The van der Waals surface area contributed by atoms with E-state index in [0.29, 0.717) is 12.0 Å². The quantitative estimate of drug-likeness (QED) is 0.889. The lowest BCUT2D eigenvalue weighted by Crippen LogP contribution is -2.29. The summed E-state index contributed by atoms with van der Waals surface area (Å²) in [5.74, 6) is 0.657. The van der Waals surface area contributed by atoms with Crippen LogP contribution in [-0.4, -0.2) is 24.7 Å². The van der Waals surface area contributed by atoms with Gasteiger partial charge in [0.15, 0.2) is 0 Å². The van der Waals surface area contributed by atoms with Gasteiger partial charge in [0.25, 0.3) is 0 Å². The van der Waals surface area contributed by atoms with Gasteiger partial charge in [0.2, 0.25) is 0 Å². The molecule has 0 radical (unpaired) electrons. The van der Waals surface area contributed by atoms with Gasteiger partial charge in [0.05, 0.1) is 12.6 Å². The van der Waals surface area contributed by atoms with Crippen LogP contribution in [0.3, 0.4) is 0 Å². The molecular formula is C14H18N2OS2. The minimum absolute atomic E-state index is 0.329. The van der Waals surface area contributed by atoms with Crippen molar-refractivity contribution in [3.63, 3.8) is 0 Å². The molecule has 102 valence electrons. The minimum atomic E-state index is 0.329. The maximum absolute atomic E-state index is 5.43. The average Bonchev–Trinajstić information content (AvgIpc) is 3.15. The number of nitrogens with zero attached hydrogens (tertiary/aromatic N) is 1. The van der Waals surface area contributed by atoms with E-state index < -0.39 is 0 Å². The molecule has 0 bridgehead atoms. The number of thiophene rings is 1. The van der Waals surface area contributed by atoms with Crippen LogP contribution >= 0.6 is 22.7 Å². The van der Waals surface area contributed by atoms with Gasteiger partial charge in [-0.25, -0.2) is 4.98 Å². The summed E-state index contributed by atoms with van der Waals surface area (Å²) in [5, 5.41) is 11.3. The summed E-state index contributed by atoms with van der Waals surface area (Å²) in [6, 6.07) is 2.53. The smallest absolute Gasteiger partial charge is 0.110 e. The topological polar surface area (TPSA) is 34.1 Å². The Labute approximate surface area is 121 Å². The highest BCUT2D eigenvalue weighted by Crippen LogP contribution is 2.22. The number of ether oxygens (including phenoxy) is 1. The van der Waals surface area contributed by atoms with Gasteiger partial charge in [0.1, 0.15) is 5.01 Å². The third kappa shape index (κ3) is 3.63. The SMILES string of the molecule is c1csc([C@H](Cc2ccsc2)NC[C@@H]2CCOC2)n1. The summed E-state index contributed by atoms with van der Waals surface area (Å²) >= 11 is 3.49. The summed E-state index contributed by atoms with van der Waals surface area (Å²) in [6.45, 7) is 2.84. The Balaban J connectivity index is 1.62.